The van der Waals surface area contributed by atoms with Crippen LogP contribution in [0.15, 0.2) is 127 Å². The van der Waals surface area contributed by atoms with Crippen molar-refractivity contribution in [3.63, 3.8) is 0 Å². The number of para-hydroxylation sites is 2. The number of aromatic hydroxyl groups is 2. The summed E-state index contributed by atoms with van der Waals surface area (Å²) < 4.78 is 2.26. The maximum absolute atomic E-state index is 11.1. The topological polar surface area (TPSA) is 48.6 Å². The first-order chi connectivity index (χ1) is 22.9. The third-order valence-corrected chi connectivity index (χ3v) is 9.42. The van der Waals surface area contributed by atoms with Gasteiger partial charge in [-0.15, -0.1) is 0 Å². The molecule has 1 aliphatic heterocycles. The van der Waals surface area contributed by atoms with Crippen molar-refractivity contribution in [3.05, 3.63) is 127 Å². The van der Waals surface area contributed by atoms with Crippen molar-refractivity contribution in [2.45, 2.75) is 0 Å². The first-order valence-corrected chi connectivity index (χ1v) is 15.4. The molecule has 0 spiro atoms. The maximum Gasteiger partial charge on any atom is 0.120 e. The number of rotatable bonds is 3. The number of hydrogen-bond acceptors (Lipinski definition) is 3. The van der Waals surface area contributed by atoms with Gasteiger partial charge in [-0.05, 0) is 76.6 Å². The normalized spacial score (nSPS) is 12.2. The fourth-order valence-electron chi connectivity index (χ4n) is 7.26. The third kappa shape index (κ3) is 3.86. The monoisotopic (exact) mass is 596 g/mol. The number of anilines is 3. The summed E-state index contributed by atoms with van der Waals surface area (Å²) in [5, 5.41) is 26.1. The Labute approximate surface area is 275 Å². The van der Waals surface area contributed by atoms with Crippen LogP contribution in [0.3, 0.4) is 0 Å². The predicted molar refractivity (Wildman–Crippen MR) is 197 cm³/mol. The van der Waals surface area contributed by atoms with Crippen molar-refractivity contribution in [1.82, 2.24) is 4.57 Å². The van der Waals surface area contributed by atoms with E-state index in [9.17, 15) is 10.2 Å². The minimum Gasteiger partial charge on any atom is -0.509 e. The van der Waals surface area contributed by atoms with Gasteiger partial charge in [-0.25, -0.2) is 0 Å². The lowest BCUT2D eigenvalue weighted by Crippen LogP contribution is -2.32. The zero-order valence-corrected chi connectivity index (χ0v) is 25.1. The highest BCUT2D eigenvalue weighted by molar-refractivity contribution is 6.54. The number of fused-ring (bicyclic) bond motifs is 5. The first-order valence-electron chi connectivity index (χ1n) is 15.4. The van der Waals surface area contributed by atoms with Gasteiger partial charge in [0.1, 0.15) is 35.0 Å². The number of phenolic OH excluding ortho intramolecular Hbond substituents is 2. The summed E-state index contributed by atoms with van der Waals surface area (Å²) >= 11 is 0. The Balaban J connectivity index is 1.42. The van der Waals surface area contributed by atoms with E-state index in [0.29, 0.717) is 5.56 Å². The van der Waals surface area contributed by atoms with E-state index in [4.69, 9.17) is 23.5 Å². The van der Waals surface area contributed by atoms with Crippen LogP contribution in [0, 0.1) is 0 Å². The second-order valence-electron chi connectivity index (χ2n) is 12.0. The molecule has 0 bridgehead atoms. The largest absolute Gasteiger partial charge is 0.509 e. The Hall–Kier alpha value is -5.81. The second-order valence-corrected chi connectivity index (χ2v) is 12.0. The molecule has 0 fully saturated rings. The van der Waals surface area contributed by atoms with Crippen LogP contribution in [0.5, 0.6) is 11.5 Å². The summed E-state index contributed by atoms with van der Waals surface area (Å²) in [6.07, 6.45) is 0. The van der Waals surface area contributed by atoms with Crippen molar-refractivity contribution in [2.24, 2.45) is 0 Å². The summed E-state index contributed by atoms with van der Waals surface area (Å²) in [4.78, 5) is 2.35. The van der Waals surface area contributed by atoms with Crippen LogP contribution in [0.2, 0.25) is 0 Å². The Morgan fingerprint density at radius 2 is 1.15 bits per heavy atom. The molecule has 214 valence electrons. The average molecular weight is 596 g/mol. The summed E-state index contributed by atoms with van der Waals surface area (Å²) in [6.45, 7) is 0. The van der Waals surface area contributed by atoms with Crippen LogP contribution in [0.4, 0.5) is 17.1 Å². The van der Waals surface area contributed by atoms with E-state index in [1.54, 1.807) is 0 Å². The van der Waals surface area contributed by atoms with E-state index in [2.05, 4.69) is 94.4 Å². The molecule has 2 heterocycles. The molecule has 0 aliphatic carbocycles. The van der Waals surface area contributed by atoms with E-state index in [0.717, 1.165) is 55.7 Å². The lowest BCUT2D eigenvalue weighted by Gasteiger charge is -2.33. The minimum atomic E-state index is -0.344. The fraction of sp³-hybridized carbons (Fsp3) is 0. The molecule has 6 radical (unpaired) electrons. The molecular formula is C40H23B3N2O2. The van der Waals surface area contributed by atoms with Crippen molar-refractivity contribution >= 4 is 89.6 Å². The standard InChI is InChI=1S/C40H23B3N2O2/c41-36-35(39(46)37(42)38(43)40(36)47)23-17-18-30-27(19-23)29-20-28-26-15-7-9-22-10-8-16-31(34(22)26)45(25-13-5-2-6-14-25)32(28)21-33(29)44(30)24-11-3-1-4-12-24/h1-21,46-47H. The third-order valence-electron chi connectivity index (χ3n) is 9.42. The molecule has 0 atom stereocenters. The van der Waals surface area contributed by atoms with Gasteiger partial charge in [0.2, 0.25) is 0 Å². The van der Waals surface area contributed by atoms with Crippen LogP contribution in [0.1, 0.15) is 0 Å². The molecule has 8 aromatic rings. The zero-order valence-electron chi connectivity index (χ0n) is 25.1. The SMILES string of the molecule is [B]c1c([B])c(O)c(-c2ccc3c(c2)c2cc4c(cc2n3-c2ccccc2)N(c2ccccc2)c2cccc3cccc-4c23)c([B])c1O. The van der Waals surface area contributed by atoms with Crippen LogP contribution >= 0.6 is 0 Å². The molecule has 7 heteroatoms. The molecule has 0 amide bonds. The summed E-state index contributed by atoms with van der Waals surface area (Å²) in [5.41, 5.74) is 9.14. The van der Waals surface area contributed by atoms with Crippen LogP contribution in [-0.2, 0) is 0 Å². The Bertz CT molecular complexity index is 2550. The molecule has 1 aromatic heterocycles. The van der Waals surface area contributed by atoms with Gasteiger partial charge in [0, 0.05) is 38.7 Å². The van der Waals surface area contributed by atoms with E-state index < -0.39 is 0 Å². The molecule has 0 saturated heterocycles. The highest BCUT2D eigenvalue weighted by atomic mass is 16.3. The van der Waals surface area contributed by atoms with Crippen molar-refractivity contribution in [1.29, 1.82) is 0 Å². The Morgan fingerprint density at radius 1 is 0.489 bits per heavy atom. The maximum atomic E-state index is 11.1. The molecule has 0 unspecified atom stereocenters. The highest BCUT2D eigenvalue weighted by Gasteiger charge is 2.28. The summed E-state index contributed by atoms with van der Waals surface area (Å²) in [5.74, 6) is -0.605. The number of aromatic nitrogens is 1. The molecule has 1 aliphatic rings. The van der Waals surface area contributed by atoms with Crippen molar-refractivity contribution in [3.8, 4) is 39.4 Å². The minimum absolute atomic E-state index is 0.0282. The summed E-state index contributed by atoms with van der Waals surface area (Å²) in [6, 6.07) is 44.1. The van der Waals surface area contributed by atoms with E-state index >= 15 is 0 Å². The van der Waals surface area contributed by atoms with Crippen LogP contribution < -0.4 is 21.3 Å². The van der Waals surface area contributed by atoms with Gasteiger partial charge in [-0.1, -0.05) is 83.7 Å². The molecule has 7 aromatic carbocycles. The number of hydrogen-bond donors (Lipinski definition) is 2. The Morgan fingerprint density at radius 3 is 1.89 bits per heavy atom. The van der Waals surface area contributed by atoms with Gasteiger partial charge < -0.3 is 19.7 Å². The van der Waals surface area contributed by atoms with Crippen molar-refractivity contribution < 1.29 is 10.2 Å². The molecular weight excluding hydrogens is 573 g/mol. The van der Waals surface area contributed by atoms with Gasteiger partial charge in [0.15, 0.2) is 0 Å². The molecule has 47 heavy (non-hydrogen) atoms. The van der Waals surface area contributed by atoms with Crippen LogP contribution in [-0.4, -0.2) is 38.3 Å². The van der Waals surface area contributed by atoms with Gasteiger partial charge in [-0.3, -0.25) is 0 Å². The molecule has 2 N–H and O–H groups in total. The second kappa shape index (κ2) is 10.1. The quantitative estimate of drug-likeness (QED) is 0.174. The lowest BCUT2D eigenvalue weighted by molar-refractivity contribution is 0.472. The molecule has 4 nitrogen and oxygen atoms in total. The van der Waals surface area contributed by atoms with E-state index in [-0.39, 0.29) is 33.5 Å². The fourth-order valence-corrected chi connectivity index (χ4v) is 7.26. The highest BCUT2D eigenvalue weighted by Crippen LogP contribution is 2.53. The zero-order chi connectivity index (χ0) is 32.0. The Kier molecular flexibility index (Phi) is 5.91. The van der Waals surface area contributed by atoms with Gasteiger partial charge >= 0.3 is 0 Å². The van der Waals surface area contributed by atoms with Gasteiger partial charge in [-0.2, -0.15) is 0 Å². The van der Waals surface area contributed by atoms with Crippen molar-refractivity contribution in [2.75, 3.05) is 4.90 Å². The van der Waals surface area contributed by atoms with Crippen LogP contribution in [0.25, 0.3) is 60.5 Å². The number of benzene rings is 7. The number of nitrogens with zero attached hydrogens (tertiary/aromatic N) is 2. The van der Waals surface area contributed by atoms with E-state index in [1.807, 2.05) is 42.5 Å². The van der Waals surface area contributed by atoms with E-state index in [1.165, 1.54) is 10.8 Å². The lowest BCUT2D eigenvalue weighted by atomic mass is 9.72. The van der Waals surface area contributed by atoms with Gasteiger partial charge in [0.05, 0.1) is 22.4 Å². The first kappa shape index (κ1) is 27.5. The molecule has 0 saturated carbocycles. The predicted octanol–water partition coefficient (Wildman–Crippen LogP) is 6.85. The smallest absolute Gasteiger partial charge is 0.120 e. The molecule has 9 rings (SSSR count). The van der Waals surface area contributed by atoms with Gasteiger partial charge in [0.25, 0.3) is 0 Å². The summed E-state index contributed by atoms with van der Waals surface area (Å²) in [7, 11) is 18.3. The average Bonchev–Trinajstić information content (AvgIpc) is 3.43. The number of phenols is 2.